The van der Waals surface area contributed by atoms with Crippen LogP contribution < -0.4 is 30.2 Å². The van der Waals surface area contributed by atoms with Crippen molar-refractivity contribution < 1.29 is 23.8 Å². The van der Waals surface area contributed by atoms with E-state index in [1.165, 1.54) is 33.5 Å². The van der Waals surface area contributed by atoms with Gasteiger partial charge in [0, 0.05) is 23.4 Å². The third-order valence-electron chi connectivity index (χ3n) is 4.59. The molecule has 2 rings (SSSR count). The van der Waals surface area contributed by atoms with Crippen molar-refractivity contribution in [3.63, 3.8) is 0 Å². The van der Waals surface area contributed by atoms with Gasteiger partial charge >= 0.3 is 0 Å². The molecule has 2 aromatic rings. The molecule has 0 aliphatic heterocycles. The first-order valence-corrected chi connectivity index (χ1v) is 10.6. The van der Waals surface area contributed by atoms with Gasteiger partial charge in [-0.25, -0.2) is 0 Å². The molecule has 2 amide bonds. The van der Waals surface area contributed by atoms with Crippen LogP contribution >= 0.6 is 12.2 Å². The Morgan fingerprint density at radius 1 is 0.875 bits per heavy atom. The fourth-order valence-corrected chi connectivity index (χ4v) is 3.16. The van der Waals surface area contributed by atoms with Gasteiger partial charge in [0.2, 0.25) is 11.7 Å². The van der Waals surface area contributed by atoms with Crippen LogP contribution in [-0.2, 0) is 4.79 Å². The van der Waals surface area contributed by atoms with Gasteiger partial charge in [0.1, 0.15) is 0 Å². The summed E-state index contributed by atoms with van der Waals surface area (Å²) in [6.07, 6.45) is 3.49. The lowest BCUT2D eigenvalue weighted by Gasteiger charge is -2.15. The Labute approximate surface area is 193 Å². The Hall–Kier alpha value is -3.33. The molecule has 0 aliphatic carbocycles. The Morgan fingerprint density at radius 3 is 1.94 bits per heavy atom. The van der Waals surface area contributed by atoms with E-state index in [-0.39, 0.29) is 11.0 Å². The van der Waals surface area contributed by atoms with Crippen LogP contribution in [0.4, 0.5) is 11.4 Å². The number of hydrogen-bond donors (Lipinski definition) is 3. The Morgan fingerprint density at radius 2 is 1.44 bits per heavy atom. The van der Waals surface area contributed by atoms with Crippen molar-refractivity contribution in [1.29, 1.82) is 0 Å². The number of thiocarbonyl (C=S) groups is 1. The highest BCUT2D eigenvalue weighted by molar-refractivity contribution is 7.80. The van der Waals surface area contributed by atoms with Crippen LogP contribution in [0, 0.1) is 0 Å². The molecule has 0 fully saturated rings. The molecule has 0 saturated heterocycles. The Bertz CT molecular complexity index is 922. The minimum Gasteiger partial charge on any atom is -0.493 e. The molecular formula is C23H29N3O5S. The molecule has 0 atom stereocenters. The summed E-state index contributed by atoms with van der Waals surface area (Å²) < 4.78 is 15.8. The first-order chi connectivity index (χ1) is 15.4. The van der Waals surface area contributed by atoms with Gasteiger partial charge < -0.3 is 24.8 Å². The van der Waals surface area contributed by atoms with Crippen LogP contribution in [0.3, 0.4) is 0 Å². The van der Waals surface area contributed by atoms with Crippen molar-refractivity contribution >= 4 is 40.5 Å². The normalized spacial score (nSPS) is 10.1. The van der Waals surface area contributed by atoms with Crippen molar-refractivity contribution in [3.8, 4) is 17.2 Å². The van der Waals surface area contributed by atoms with Crippen molar-refractivity contribution in [2.45, 2.75) is 32.6 Å². The number of carbonyl (C=O) groups excluding carboxylic acids is 2. The molecule has 32 heavy (non-hydrogen) atoms. The Kier molecular flexibility index (Phi) is 9.75. The molecule has 8 nitrogen and oxygen atoms in total. The average Bonchev–Trinajstić information content (AvgIpc) is 2.79. The van der Waals surface area contributed by atoms with Gasteiger partial charge in [-0.3, -0.25) is 14.9 Å². The first kappa shape index (κ1) is 24.9. The summed E-state index contributed by atoms with van der Waals surface area (Å²) >= 11 is 5.25. The molecule has 0 bridgehead atoms. The maximum Gasteiger partial charge on any atom is 0.257 e. The molecule has 0 aliphatic rings. The van der Waals surface area contributed by atoms with Crippen molar-refractivity contribution in [2.75, 3.05) is 32.0 Å². The molecular weight excluding hydrogens is 430 g/mol. The maximum atomic E-state index is 12.6. The number of amides is 2. The maximum absolute atomic E-state index is 12.6. The van der Waals surface area contributed by atoms with Crippen LogP contribution in [0.15, 0.2) is 36.4 Å². The largest absolute Gasteiger partial charge is 0.493 e. The van der Waals surface area contributed by atoms with Crippen LogP contribution in [0.2, 0.25) is 0 Å². The quantitative estimate of drug-likeness (QED) is 0.359. The van der Waals surface area contributed by atoms with E-state index in [0.717, 1.165) is 19.3 Å². The number of methoxy groups -OCH3 is 3. The van der Waals surface area contributed by atoms with Crippen molar-refractivity contribution in [1.82, 2.24) is 5.32 Å². The zero-order chi connectivity index (χ0) is 23.5. The number of ether oxygens (including phenoxy) is 3. The van der Waals surface area contributed by atoms with Gasteiger partial charge in [0.05, 0.1) is 21.3 Å². The smallest absolute Gasteiger partial charge is 0.257 e. The highest BCUT2D eigenvalue weighted by Crippen LogP contribution is 2.38. The SMILES string of the molecule is CCCCCC(=O)Nc1ccc(NC(=S)NC(=O)c2cc(OC)c(OC)c(OC)c2)cc1. The second kappa shape index (κ2) is 12.5. The zero-order valence-electron chi connectivity index (χ0n) is 18.7. The monoisotopic (exact) mass is 459 g/mol. The van der Waals surface area contributed by atoms with E-state index in [9.17, 15) is 9.59 Å². The van der Waals surface area contributed by atoms with E-state index in [4.69, 9.17) is 26.4 Å². The highest BCUT2D eigenvalue weighted by Gasteiger charge is 2.17. The van der Waals surface area contributed by atoms with Gasteiger partial charge in [-0.15, -0.1) is 0 Å². The third kappa shape index (κ3) is 7.12. The number of unbranched alkanes of at least 4 members (excludes halogenated alkanes) is 2. The fraction of sp³-hybridized carbons (Fsp3) is 0.348. The van der Waals surface area contributed by atoms with E-state index >= 15 is 0 Å². The summed E-state index contributed by atoms with van der Waals surface area (Å²) in [5.74, 6) is 0.682. The van der Waals surface area contributed by atoms with Gasteiger partial charge in [0.15, 0.2) is 16.6 Å². The topological polar surface area (TPSA) is 97.9 Å². The third-order valence-corrected chi connectivity index (χ3v) is 4.79. The fourth-order valence-electron chi connectivity index (χ4n) is 2.95. The summed E-state index contributed by atoms with van der Waals surface area (Å²) in [5.41, 5.74) is 1.67. The highest BCUT2D eigenvalue weighted by atomic mass is 32.1. The van der Waals surface area contributed by atoms with Gasteiger partial charge in [-0.2, -0.15) is 0 Å². The molecule has 2 aromatic carbocycles. The predicted molar refractivity (Wildman–Crippen MR) is 129 cm³/mol. The second-order valence-corrected chi connectivity index (χ2v) is 7.31. The van der Waals surface area contributed by atoms with E-state index < -0.39 is 5.91 Å². The van der Waals surface area contributed by atoms with Crippen LogP contribution in [0.25, 0.3) is 0 Å². The number of hydrogen-bond acceptors (Lipinski definition) is 6. The molecule has 9 heteroatoms. The molecule has 172 valence electrons. The molecule has 0 heterocycles. The summed E-state index contributed by atoms with van der Waals surface area (Å²) in [7, 11) is 4.44. The number of carbonyl (C=O) groups is 2. The lowest BCUT2D eigenvalue weighted by molar-refractivity contribution is -0.116. The van der Waals surface area contributed by atoms with Gasteiger partial charge in [-0.1, -0.05) is 19.8 Å². The number of benzene rings is 2. The summed E-state index contributed by atoms with van der Waals surface area (Å²) in [4.78, 5) is 24.5. The first-order valence-electron chi connectivity index (χ1n) is 10.2. The van der Waals surface area contributed by atoms with Crippen LogP contribution in [-0.4, -0.2) is 38.3 Å². The number of nitrogens with one attached hydrogen (secondary N) is 3. The van der Waals surface area contributed by atoms with Crippen LogP contribution in [0.1, 0.15) is 43.0 Å². The minimum absolute atomic E-state index is 0.00714. The Balaban J connectivity index is 1.96. The van der Waals surface area contributed by atoms with E-state index in [2.05, 4.69) is 22.9 Å². The standard InChI is InChI=1S/C23H29N3O5S/c1-5-6-7-8-20(27)24-16-9-11-17(12-10-16)25-23(32)26-22(28)15-13-18(29-2)21(31-4)19(14-15)30-3/h9-14H,5-8H2,1-4H3,(H,24,27)(H2,25,26,28,32). The van der Waals surface area contributed by atoms with E-state index in [1.807, 2.05) is 0 Å². The van der Waals surface area contributed by atoms with E-state index in [0.29, 0.717) is 40.6 Å². The van der Waals surface area contributed by atoms with Gasteiger partial charge in [-0.05, 0) is 55.0 Å². The van der Waals surface area contributed by atoms with Gasteiger partial charge in [0.25, 0.3) is 5.91 Å². The lowest BCUT2D eigenvalue weighted by atomic mass is 10.1. The molecule has 0 radical (unpaired) electrons. The van der Waals surface area contributed by atoms with Crippen molar-refractivity contribution in [3.05, 3.63) is 42.0 Å². The average molecular weight is 460 g/mol. The summed E-state index contributed by atoms with van der Waals surface area (Å²) in [6.45, 7) is 2.10. The summed E-state index contributed by atoms with van der Waals surface area (Å²) in [5, 5.41) is 8.55. The van der Waals surface area contributed by atoms with Crippen LogP contribution in [0.5, 0.6) is 17.2 Å². The number of rotatable bonds is 10. The second-order valence-electron chi connectivity index (χ2n) is 6.90. The molecule has 3 N–H and O–H groups in total. The summed E-state index contributed by atoms with van der Waals surface area (Å²) in [6, 6.07) is 10.1. The van der Waals surface area contributed by atoms with Crippen molar-refractivity contribution in [2.24, 2.45) is 0 Å². The minimum atomic E-state index is -0.433. The lowest BCUT2D eigenvalue weighted by Crippen LogP contribution is -2.34. The molecule has 0 saturated carbocycles. The molecule has 0 unspecified atom stereocenters. The zero-order valence-corrected chi connectivity index (χ0v) is 19.6. The predicted octanol–water partition coefficient (Wildman–Crippen LogP) is 4.36. The van der Waals surface area contributed by atoms with E-state index in [1.54, 1.807) is 24.3 Å². The molecule has 0 spiro atoms. The number of anilines is 2. The molecule has 0 aromatic heterocycles.